The van der Waals surface area contributed by atoms with E-state index >= 15 is 0 Å². The van der Waals surface area contributed by atoms with E-state index in [2.05, 4.69) is 5.48 Å². The largest absolute Gasteiger partial charge is 1.00 e. The van der Waals surface area contributed by atoms with Gasteiger partial charge in [0.25, 0.3) is 0 Å². The average Bonchev–Trinajstić information content (AvgIpc) is 1.35. The van der Waals surface area contributed by atoms with Gasteiger partial charge >= 0.3 is 58.2 Å². The van der Waals surface area contributed by atoms with Gasteiger partial charge in [-0.25, -0.2) is 0 Å². The van der Waals surface area contributed by atoms with Crippen molar-refractivity contribution in [2.45, 2.75) is 26.3 Å². The summed E-state index contributed by atoms with van der Waals surface area (Å²) in [5, 5.41) is 8.03. The van der Waals surface area contributed by atoms with Crippen LogP contribution in [0.5, 0.6) is 0 Å². The molecule has 1 N–H and O–H groups in total. The van der Waals surface area contributed by atoms with Crippen molar-refractivity contribution in [3.8, 4) is 0 Å². The molecule has 0 aromatic rings. The zero-order chi connectivity index (χ0) is 5.21. The molecule has 0 aromatic carbocycles. The van der Waals surface area contributed by atoms with Crippen molar-refractivity contribution in [2.75, 3.05) is 0 Å². The van der Waals surface area contributed by atoms with Gasteiger partial charge in [0, 0.05) is 0 Å². The van der Waals surface area contributed by atoms with Crippen LogP contribution in [0, 0.1) is 0 Å². The van der Waals surface area contributed by atoms with E-state index in [0.717, 1.165) is 0 Å². The second-order valence-corrected chi connectivity index (χ2v) is 2.27. The molecular weight excluding hydrogens is 164 g/mol. The van der Waals surface area contributed by atoms with Crippen molar-refractivity contribution in [2.24, 2.45) is 0 Å². The molecular formula is C4H10NORb. The predicted octanol–water partition coefficient (Wildman–Crippen LogP) is -1.45. The van der Waals surface area contributed by atoms with Gasteiger partial charge in [0.15, 0.2) is 0 Å². The summed E-state index contributed by atoms with van der Waals surface area (Å²) in [7, 11) is 0. The van der Waals surface area contributed by atoms with Gasteiger partial charge in [0.1, 0.15) is 0 Å². The smallest absolute Gasteiger partial charge is 0.533 e. The summed E-state index contributed by atoms with van der Waals surface area (Å²) in [6.45, 7) is 5.48. The fourth-order valence-electron chi connectivity index (χ4n) is 0. The number of hydroxylamine groups is 1. The standard InChI is InChI=1S/C4H10NO.Rb/c1-4(2,3)5-6;/h6H,1-3H3;/q-1;+1. The summed E-state index contributed by atoms with van der Waals surface area (Å²) in [6.07, 6.45) is 0. The summed E-state index contributed by atoms with van der Waals surface area (Å²) < 4.78 is 0. The predicted molar refractivity (Wildman–Crippen MR) is 24.9 cm³/mol. The third kappa shape index (κ3) is 11.3. The second kappa shape index (κ2) is 4.59. The normalized spacial score (nSPS) is 10.3. The Bertz CT molecular complexity index is 41.4. The summed E-state index contributed by atoms with van der Waals surface area (Å²) in [5.41, 5.74) is 2.74. The molecule has 0 radical (unpaired) electrons. The van der Waals surface area contributed by atoms with Crippen molar-refractivity contribution >= 4 is 0 Å². The molecule has 0 bridgehead atoms. The molecule has 7 heavy (non-hydrogen) atoms. The van der Waals surface area contributed by atoms with E-state index < -0.39 is 0 Å². The van der Waals surface area contributed by atoms with Crippen LogP contribution in [0.1, 0.15) is 20.8 Å². The van der Waals surface area contributed by atoms with Gasteiger partial charge in [-0.3, -0.25) is 0 Å². The van der Waals surface area contributed by atoms with Gasteiger partial charge < -0.3 is 10.7 Å². The van der Waals surface area contributed by atoms with E-state index in [1.807, 2.05) is 20.8 Å². The van der Waals surface area contributed by atoms with E-state index in [4.69, 9.17) is 5.21 Å². The minimum atomic E-state index is -0.278. The van der Waals surface area contributed by atoms with Crippen molar-refractivity contribution < 1.29 is 63.4 Å². The van der Waals surface area contributed by atoms with Crippen LogP contribution in [-0.2, 0) is 0 Å². The van der Waals surface area contributed by atoms with E-state index in [9.17, 15) is 0 Å². The van der Waals surface area contributed by atoms with Crippen LogP contribution in [-0.4, -0.2) is 10.7 Å². The summed E-state index contributed by atoms with van der Waals surface area (Å²) >= 11 is 0. The molecule has 0 aliphatic heterocycles. The quantitative estimate of drug-likeness (QED) is 0.447. The van der Waals surface area contributed by atoms with Gasteiger partial charge in [-0.1, -0.05) is 20.8 Å². The fourth-order valence-corrected chi connectivity index (χ4v) is 0. The van der Waals surface area contributed by atoms with Crippen molar-refractivity contribution in [3.05, 3.63) is 5.48 Å². The van der Waals surface area contributed by atoms with Crippen molar-refractivity contribution in [1.82, 2.24) is 0 Å². The number of rotatable bonds is 0. The Morgan fingerprint density at radius 3 is 1.43 bits per heavy atom. The zero-order valence-corrected chi connectivity index (χ0v) is 10.3. The van der Waals surface area contributed by atoms with E-state index in [-0.39, 0.29) is 63.7 Å². The van der Waals surface area contributed by atoms with Gasteiger partial charge in [-0.2, -0.15) is 0 Å². The molecule has 38 valence electrons. The maximum Gasteiger partial charge on any atom is 1.00 e. The molecule has 0 rings (SSSR count). The number of nitrogens with zero attached hydrogens (tertiary/aromatic N) is 1. The molecule has 2 nitrogen and oxygen atoms in total. The van der Waals surface area contributed by atoms with E-state index in [1.165, 1.54) is 0 Å². The molecule has 0 saturated carbocycles. The molecule has 0 aliphatic rings. The van der Waals surface area contributed by atoms with Crippen LogP contribution in [0.25, 0.3) is 5.48 Å². The molecule has 0 unspecified atom stereocenters. The first-order chi connectivity index (χ1) is 2.56. The van der Waals surface area contributed by atoms with Crippen LogP contribution in [0.3, 0.4) is 0 Å². The van der Waals surface area contributed by atoms with E-state index in [1.54, 1.807) is 0 Å². The zero-order valence-electron chi connectivity index (χ0n) is 5.39. The van der Waals surface area contributed by atoms with Crippen LogP contribution < -0.4 is 58.2 Å². The molecule has 0 saturated heterocycles. The number of hydrogen-bond acceptors (Lipinski definition) is 1. The summed E-state index contributed by atoms with van der Waals surface area (Å²) in [5.74, 6) is 0. The van der Waals surface area contributed by atoms with Crippen molar-refractivity contribution in [3.63, 3.8) is 0 Å². The maximum absolute atomic E-state index is 8.03. The Hall–Kier alpha value is 1.73. The molecule has 0 spiro atoms. The summed E-state index contributed by atoms with van der Waals surface area (Å²) in [4.78, 5) is 0. The maximum atomic E-state index is 8.03. The summed E-state index contributed by atoms with van der Waals surface area (Å²) in [6, 6.07) is 0. The van der Waals surface area contributed by atoms with Gasteiger partial charge in [0.05, 0.1) is 0 Å². The Morgan fingerprint density at radius 1 is 1.29 bits per heavy atom. The molecule has 0 heterocycles. The van der Waals surface area contributed by atoms with Gasteiger partial charge in [-0.15, -0.1) is 5.54 Å². The van der Waals surface area contributed by atoms with Crippen LogP contribution in [0.2, 0.25) is 0 Å². The van der Waals surface area contributed by atoms with Crippen LogP contribution >= 0.6 is 0 Å². The van der Waals surface area contributed by atoms with Crippen LogP contribution in [0.4, 0.5) is 0 Å². The third-order valence-electron chi connectivity index (χ3n) is 0.300. The molecule has 0 amide bonds. The Balaban J connectivity index is 0. The topological polar surface area (TPSA) is 34.3 Å². The number of hydrogen-bond donors (Lipinski definition) is 1. The monoisotopic (exact) mass is 173 g/mol. The molecule has 0 fully saturated rings. The SMILES string of the molecule is CC(C)(C)[N-]O.[Rb+]. The molecule has 3 heteroatoms. The minimum Gasteiger partial charge on any atom is -0.533 e. The first-order valence-corrected chi connectivity index (χ1v) is 1.92. The van der Waals surface area contributed by atoms with Crippen LogP contribution in [0.15, 0.2) is 0 Å². The second-order valence-electron chi connectivity index (χ2n) is 2.27. The minimum absolute atomic E-state index is 0. The third-order valence-corrected chi connectivity index (χ3v) is 0.300. The Morgan fingerprint density at radius 2 is 1.43 bits per heavy atom. The Kier molecular flexibility index (Phi) is 7.55. The Labute approximate surface area is 93.4 Å². The molecule has 0 aliphatic carbocycles. The first kappa shape index (κ1) is 11.5. The average molecular weight is 174 g/mol. The first-order valence-electron chi connectivity index (χ1n) is 1.92. The van der Waals surface area contributed by atoms with Gasteiger partial charge in [-0.05, 0) is 0 Å². The molecule has 0 atom stereocenters. The van der Waals surface area contributed by atoms with E-state index in [0.29, 0.717) is 0 Å². The molecule has 0 aromatic heterocycles. The fraction of sp³-hybridized carbons (Fsp3) is 1.00. The van der Waals surface area contributed by atoms with Crippen molar-refractivity contribution in [1.29, 1.82) is 0 Å². The van der Waals surface area contributed by atoms with Gasteiger partial charge in [0.2, 0.25) is 0 Å².